The lowest BCUT2D eigenvalue weighted by Crippen LogP contribution is -2.33. The van der Waals surface area contributed by atoms with Crippen molar-refractivity contribution in [3.8, 4) is 11.3 Å². The third-order valence-electron chi connectivity index (χ3n) is 4.73. The Bertz CT molecular complexity index is 1040. The molecule has 0 saturated carbocycles. The summed E-state index contributed by atoms with van der Waals surface area (Å²) in [6.07, 6.45) is 0.657. The first-order valence-electron chi connectivity index (χ1n) is 8.25. The van der Waals surface area contributed by atoms with E-state index in [1.165, 1.54) is 11.3 Å². The molecule has 0 saturated heterocycles. The normalized spacial score (nSPS) is 13.7. The predicted octanol–water partition coefficient (Wildman–Crippen LogP) is 3.15. The molecular formula is C19H17N3O3S. The van der Waals surface area contributed by atoms with Crippen molar-refractivity contribution in [2.75, 3.05) is 12.3 Å². The number of benzene rings is 1. The number of pyridine rings is 1. The number of nitrogens with two attached hydrogens (primary N) is 1. The van der Waals surface area contributed by atoms with Gasteiger partial charge in [-0.05, 0) is 12.0 Å². The predicted molar refractivity (Wildman–Crippen MR) is 101 cm³/mol. The second kappa shape index (κ2) is 6.10. The fourth-order valence-corrected chi connectivity index (χ4v) is 4.70. The molecule has 0 fully saturated rings. The molecule has 6 nitrogen and oxygen atoms in total. The van der Waals surface area contributed by atoms with Crippen LogP contribution in [0.2, 0.25) is 0 Å². The zero-order valence-electron chi connectivity index (χ0n) is 14.2. The average molecular weight is 367 g/mol. The van der Waals surface area contributed by atoms with Gasteiger partial charge in [-0.2, -0.15) is 0 Å². The van der Waals surface area contributed by atoms with Crippen molar-refractivity contribution in [1.82, 2.24) is 9.88 Å². The van der Waals surface area contributed by atoms with E-state index in [0.29, 0.717) is 25.2 Å². The Hall–Kier alpha value is -2.93. The second-order valence-corrected chi connectivity index (χ2v) is 7.38. The molecule has 1 amide bonds. The minimum absolute atomic E-state index is 0.0326. The van der Waals surface area contributed by atoms with E-state index in [1.54, 1.807) is 11.8 Å². The molecule has 0 atom stereocenters. The van der Waals surface area contributed by atoms with Gasteiger partial charge in [0.1, 0.15) is 10.4 Å². The number of nitrogens with zero attached hydrogens (tertiary/aromatic N) is 2. The Morgan fingerprint density at radius 3 is 2.65 bits per heavy atom. The number of thiophene rings is 1. The molecule has 1 aliphatic rings. The second-order valence-electron chi connectivity index (χ2n) is 6.29. The smallest absolute Gasteiger partial charge is 0.340 e. The third-order valence-corrected chi connectivity index (χ3v) is 5.84. The summed E-state index contributed by atoms with van der Waals surface area (Å²) in [4.78, 5) is 31.8. The number of carbonyl (C=O) groups is 2. The highest BCUT2D eigenvalue weighted by molar-refractivity contribution is 7.19. The van der Waals surface area contributed by atoms with Crippen molar-refractivity contribution in [2.45, 2.75) is 19.9 Å². The lowest BCUT2D eigenvalue weighted by atomic mass is 9.98. The monoisotopic (exact) mass is 367 g/mol. The summed E-state index contributed by atoms with van der Waals surface area (Å²) < 4.78 is 0. The van der Waals surface area contributed by atoms with Crippen LogP contribution in [-0.2, 0) is 17.8 Å². The number of rotatable bonds is 2. The van der Waals surface area contributed by atoms with Crippen LogP contribution in [0, 0.1) is 0 Å². The number of hydrogen-bond acceptors (Lipinski definition) is 5. The van der Waals surface area contributed by atoms with E-state index >= 15 is 0 Å². The van der Waals surface area contributed by atoms with Gasteiger partial charge in [-0.3, -0.25) is 4.79 Å². The SMILES string of the molecule is CC(=O)N1CCc2c(sc3nc(-c4ccccc4)c(C(=O)O)c(N)c23)C1. The summed E-state index contributed by atoms with van der Waals surface area (Å²) >= 11 is 1.49. The Morgan fingerprint density at radius 1 is 1.27 bits per heavy atom. The van der Waals surface area contributed by atoms with Crippen LogP contribution in [-0.4, -0.2) is 33.4 Å². The van der Waals surface area contributed by atoms with E-state index in [0.717, 1.165) is 26.2 Å². The molecule has 0 aliphatic carbocycles. The maximum atomic E-state index is 11.9. The molecule has 0 spiro atoms. The Balaban J connectivity index is 1.97. The summed E-state index contributed by atoms with van der Waals surface area (Å²) in [6.45, 7) is 2.69. The molecule has 4 rings (SSSR count). The summed E-state index contributed by atoms with van der Waals surface area (Å²) in [6, 6.07) is 9.20. The van der Waals surface area contributed by atoms with E-state index in [2.05, 4.69) is 4.98 Å². The highest BCUT2D eigenvalue weighted by Crippen LogP contribution is 2.41. The number of anilines is 1. The van der Waals surface area contributed by atoms with Gasteiger partial charge in [-0.15, -0.1) is 11.3 Å². The van der Waals surface area contributed by atoms with Gasteiger partial charge < -0.3 is 15.7 Å². The van der Waals surface area contributed by atoms with Crippen LogP contribution >= 0.6 is 11.3 Å². The Labute approximate surface area is 153 Å². The maximum Gasteiger partial charge on any atom is 0.340 e. The quantitative estimate of drug-likeness (QED) is 0.725. The van der Waals surface area contributed by atoms with Crippen LogP contribution in [0.4, 0.5) is 5.69 Å². The van der Waals surface area contributed by atoms with E-state index < -0.39 is 5.97 Å². The van der Waals surface area contributed by atoms with Crippen LogP contribution < -0.4 is 5.73 Å². The molecule has 132 valence electrons. The molecular weight excluding hydrogens is 350 g/mol. The fourth-order valence-electron chi connectivity index (χ4n) is 3.45. The lowest BCUT2D eigenvalue weighted by molar-refractivity contribution is -0.129. The number of fused-ring (bicyclic) bond motifs is 3. The molecule has 1 aliphatic heterocycles. The minimum Gasteiger partial charge on any atom is -0.478 e. The van der Waals surface area contributed by atoms with Gasteiger partial charge in [0.2, 0.25) is 5.91 Å². The van der Waals surface area contributed by atoms with Gasteiger partial charge in [0.15, 0.2) is 0 Å². The van der Waals surface area contributed by atoms with Crippen molar-refractivity contribution in [1.29, 1.82) is 0 Å². The molecule has 1 aromatic carbocycles. The first-order valence-corrected chi connectivity index (χ1v) is 9.07. The largest absolute Gasteiger partial charge is 0.478 e. The Kier molecular flexibility index (Phi) is 3.88. The average Bonchev–Trinajstić information content (AvgIpc) is 2.99. The molecule has 7 heteroatoms. The number of nitrogen functional groups attached to an aromatic ring is 1. The zero-order chi connectivity index (χ0) is 18.4. The van der Waals surface area contributed by atoms with Gasteiger partial charge in [0.25, 0.3) is 0 Å². The number of carboxylic acids is 1. The molecule has 0 unspecified atom stereocenters. The Morgan fingerprint density at radius 2 is 2.00 bits per heavy atom. The number of carbonyl (C=O) groups excluding carboxylic acids is 1. The number of aromatic nitrogens is 1. The van der Waals surface area contributed by atoms with Gasteiger partial charge in [-0.25, -0.2) is 9.78 Å². The van der Waals surface area contributed by atoms with Gasteiger partial charge in [0, 0.05) is 29.3 Å². The number of carboxylic acid groups (broad SMARTS) is 1. The fraction of sp³-hybridized carbons (Fsp3) is 0.211. The molecule has 2 aromatic heterocycles. The van der Waals surface area contributed by atoms with Crippen LogP contribution in [0.1, 0.15) is 27.7 Å². The molecule has 3 heterocycles. The maximum absolute atomic E-state index is 11.9. The first-order chi connectivity index (χ1) is 12.5. The van der Waals surface area contributed by atoms with E-state index in [-0.39, 0.29) is 17.2 Å². The van der Waals surface area contributed by atoms with Crippen molar-refractivity contribution in [3.63, 3.8) is 0 Å². The van der Waals surface area contributed by atoms with Crippen molar-refractivity contribution in [2.24, 2.45) is 0 Å². The van der Waals surface area contributed by atoms with Crippen LogP contribution in [0.15, 0.2) is 30.3 Å². The highest BCUT2D eigenvalue weighted by Gasteiger charge is 2.28. The van der Waals surface area contributed by atoms with E-state index in [4.69, 9.17) is 5.73 Å². The summed E-state index contributed by atoms with van der Waals surface area (Å²) in [5, 5.41) is 10.5. The zero-order valence-corrected chi connectivity index (χ0v) is 15.0. The molecule has 3 aromatic rings. The summed E-state index contributed by atoms with van der Waals surface area (Å²) in [5.74, 6) is -1.05. The standard InChI is InChI=1S/C19H17N3O3S/c1-10(23)22-8-7-12-13(9-22)26-18-14(12)16(20)15(19(24)25)17(21-18)11-5-3-2-4-6-11/h2-6H,7-9H2,1H3,(H2,20,21)(H,24,25). The first kappa shape index (κ1) is 16.5. The van der Waals surface area contributed by atoms with Gasteiger partial charge >= 0.3 is 5.97 Å². The molecule has 0 radical (unpaired) electrons. The lowest BCUT2D eigenvalue weighted by Gasteiger charge is -2.25. The molecule has 3 N–H and O–H groups in total. The van der Waals surface area contributed by atoms with Crippen molar-refractivity contribution < 1.29 is 14.7 Å². The topological polar surface area (TPSA) is 96.5 Å². The highest BCUT2D eigenvalue weighted by atomic mass is 32.1. The number of amides is 1. The summed E-state index contributed by atoms with van der Waals surface area (Å²) in [7, 11) is 0. The van der Waals surface area contributed by atoms with E-state index in [9.17, 15) is 14.7 Å². The number of hydrogen-bond donors (Lipinski definition) is 2. The summed E-state index contributed by atoms with van der Waals surface area (Å²) in [5.41, 5.74) is 8.75. The number of aromatic carboxylic acids is 1. The van der Waals surface area contributed by atoms with Crippen LogP contribution in [0.25, 0.3) is 21.5 Å². The van der Waals surface area contributed by atoms with Crippen molar-refractivity contribution >= 4 is 39.1 Å². The third kappa shape index (κ3) is 2.52. The van der Waals surface area contributed by atoms with Gasteiger partial charge in [-0.1, -0.05) is 30.3 Å². The molecule has 0 bridgehead atoms. The van der Waals surface area contributed by atoms with E-state index in [1.807, 2.05) is 30.3 Å². The minimum atomic E-state index is -1.09. The van der Waals surface area contributed by atoms with Crippen LogP contribution in [0.5, 0.6) is 0 Å². The van der Waals surface area contributed by atoms with Gasteiger partial charge in [0.05, 0.1) is 17.9 Å². The van der Waals surface area contributed by atoms with Crippen molar-refractivity contribution in [3.05, 3.63) is 46.3 Å². The van der Waals surface area contributed by atoms with Crippen LogP contribution in [0.3, 0.4) is 0 Å². The molecule has 26 heavy (non-hydrogen) atoms.